The van der Waals surface area contributed by atoms with Gasteiger partial charge in [0, 0.05) is 19.6 Å². The van der Waals surface area contributed by atoms with E-state index < -0.39 is 0 Å². The summed E-state index contributed by atoms with van der Waals surface area (Å²) in [5.74, 6) is 0.168. The van der Waals surface area contributed by atoms with E-state index in [0.29, 0.717) is 0 Å². The van der Waals surface area contributed by atoms with Gasteiger partial charge in [0.1, 0.15) is 5.84 Å². The molecule has 1 aromatic carbocycles. The zero-order valence-electron chi connectivity index (χ0n) is 11.2. The lowest BCUT2D eigenvalue weighted by Crippen LogP contribution is -2.44. The second-order valence-electron chi connectivity index (χ2n) is 4.93. The summed E-state index contributed by atoms with van der Waals surface area (Å²) >= 11 is 0. The molecule has 0 saturated carbocycles. The van der Waals surface area contributed by atoms with E-state index in [-0.39, 0.29) is 17.9 Å². The highest BCUT2D eigenvalue weighted by atomic mass is 16.5. The number of rotatable bonds is 4. The standard InChI is InChI=1S/C14H21N3O2/c1-11-9-17(7-8-19-11)10-13(14(15)16-18)12-5-3-2-4-6-12/h2-6,11,13,18H,7-10H2,1H3,(H2,15,16). The fraction of sp³-hybridized carbons (Fsp3) is 0.500. The number of benzene rings is 1. The summed E-state index contributed by atoms with van der Waals surface area (Å²) in [4.78, 5) is 2.30. The average Bonchev–Trinajstić information content (AvgIpc) is 2.45. The van der Waals surface area contributed by atoms with Crippen LogP contribution in [-0.2, 0) is 4.74 Å². The van der Waals surface area contributed by atoms with Gasteiger partial charge in [-0.25, -0.2) is 0 Å². The Bertz CT molecular complexity index is 422. The summed E-state index contributed by atoms with van der Waals surface area (Å²) in [6, 6.07) is 9.91. The van der Waals surface area contributed by atoms with E-state index in [0.717, 1.165) is 31.8 Å². The Balaban J connectivity index is 2.11. The Labute approximate surface area is 113 Å². The Morgan fingerprint density at radius 2 is 2.26 bits per heavy atom. The third-order valence-electron chi connectivity index (χ3n) is 3.44. The Kier molecular flexibility index (Phi) is 4.76. The van der Waals surface area contributed by atoms with Crippen LogP contribution in [0.4, 0.5) is 0 Å². The second kappa shape index (κ2) is 6.54. The van der Waals surface area contributed by atoms with Crippen molar-refractivity contribution in [2.75, 3.05) is 26.2 Å². The fourth-order valence-electron chi connectivity index (χ4n) is 2.44. The summed E-state index contributed by atoms with van der Waals surface area (Å²) in [6.07, 6.45) is 0.234. The highest BCUT2D eigenvalue weighted by molar-refractivity contribution is 5.87. The molecule has 19 heavy (non-hydrogen) atoms. The van der Waals surface area contributed by atoms with Crippen molar-refractivity contribution in [1.29, 1.82) is 0 Å². The molecule has 2 atom stereocenters. The van der Waals surface area contributed by atoms with Crippen LogP contribution < -0.4 is 5.73 Å². The van der Waals surface area contributed by atoms with Gasteiger partial charge in [-0.15, -0.1) is 0 Å². The molecule has 104 valence electrons. The molecule has 1 fully saturated rings. The number of ether oxygens (including phenoxy) is 1. The number of nitrogens with two attached hydrogens (primary N) is 1. The first-order valence-corrected chi connectivity index (χ1v) is 6.57. The van der Waals surface area contributed by atoms with E-state index in [1.54, 1.807) is 0 Å². The van der Waals surface area contributed by atoms with Crippen LogP contribution >= 0.6 is 0 Å². The quantitative estimate of drug-likeness (QED) is 0.371. The van der Waals surface area contributed by atoms with Gasteiger partial charge in [-0.05, 0) is 12.5 Å². The van der Waals surface area contributed by atoms with Crippen LogP contribution in [0.3, 0.4) is 0 Å². The molecule has 0 amide bonds. The molecular weight excluding hydrogens is 242 g/mol. The first-order valence-electron chi connectivity index (χ1n) is 6.57. The van der Waals surface area contributed by atoms with Crippen molar-refractivity contribution in [1.82, 2.24) is 4.90 Å². The maximum Gasteiger partial charge on any atom is 0.147 e. The van der Waals surface area contributed by atoms with Crippen LogP contribution in [-0.4, -0.2) is 48.3 Å². The number of amidine groups is 1. The molecule has 1 heterocycles. The number of hydrogen-bond acceptors (Lipinski definition) is 4. The van der Waals surface area contributed by atoms with Gasteiger partial charge >= 0.3 is 0 Å². The molecule has 0 bridgehead atoms. The summed E-state index contributed by atoms with van der Waals surface area (Å²) in [6.45, 7) is 5.30. The smallest absolute Gasteiger partial charge is 0.147 e. The van der Waals surface area contributed by atoms with Gasteiger partial charge in [0.15, 0.2) is 0 Å². The minimum absolute atomic E-state index is 0.0866. The van der Waals surface area contributed by atoms with E-state index in [9.17, 15) is 0 Å². The maximum atomic E-state index is 8.97. The number of oxime groups is 1. The van der Waals surface area contributed by atoms with Crippen LogP contribution in [0.5, 0.6) is 0 Å². The van der Waals surface area contributed by atoms with Crippen molar-refractivity contribution in [3.8, 4) is 0 Å². The summed E-state index contributed by atoms with van der Waals surface area (Å²) in [7, 11) is 0. The van der Waals surface area contributed by atoms with Crippen molar-refractivity contribution in [2.45, 2.75) is 18.9 Å². The lowest BCUT2D eigenvalue weighted by Gasteiger charge is -2.33. The zero-order valence-corrected chi connectivity index (χ0v) is 11.2. The monoisotopic (exact) mass is 263 g/mol. The molecule has 1 saturated heterocycles. The lowest BCUT2D eigenvalue weighted by molar-refractivity contribution is -0.0185. The van der Waals surface area contributed by atoms with E-state index >= 15 is 0 Å². The molecule has 1 aliphatic heterocycles. The Hall–Kier alpha value is -1.59. The van der Waals surface area contributed by atoms with Crippen LogP contribution in [0.15, 0.2) is 35.5 Å². The highest BCUT2D eigenvalue weighted by Crippen LogP contribution is 2.19. The molecule has 2 rings (SSSR count). The van der Waals surface area contributed by atoms with E-state index in [1.165, 1.54) is 0 Å². The van der Waals surface area contributed by atoms with E-state index in [2.05, 4.69) is 17.0 Å². The van der Waals surface area contributed by atoms with Gasteiger partial charge in [-0.2, -0.15) is 0 Å². The van der Waals surface area contributed by atoms with Crippen molar-refractivity contribution in [3.05, 3.63) is 35.9 Å². The second-order valence-corrected chi connectivity index (χ2v) is 4.93. The molecular formula is C14H21N3O2. The zero-order chi connectivity index (χ0) is 13.7. The molecule has 1 aliphatic rings. The topological polar surface area (TPSA) is 71.1 Å². The Morgan fingerprint density at radius 3 is 2.89 bits per heavy atom. The van der Waals surface area contributed by atoms with Crippen molar-refractivity contribution < 1.29 is 9.94 Å². The van der Waals surface area contributed by atoms with Gasteiger partial charge < -0.3 is 15.7 Å². The number of morpholine rings is 1. The minimum Gasteiger partial charge on any atom is -0.409 e. The molecule has 5 nitrogen and oxygen atoms in total. The number of hydrogen-bond donors (Lipinski definition) is 2. The van der Waals surface area contributed by atoms with E-state index in [1.807, 2.05) is 30.3 Å². The normalized spacial score (nSPS) is 23.2. The van der Waals surface area contributed by atoms with Crippen LogP contribution in [0.1, 0.15) is 18.4 Å². The van der Waals surface area contributed by atoms with Crippen molar-refractivity contribution in [3.63, 3.8) is 0 Å². The predicted octanol–water partition coefficient (Wildman–Crippen LogP) is 1.24. The average molecular weight is 263 g/mol. The molecule has 0 radical (unpaired) electrons. The maximum absolute atomic E-state index is 8.97. The molecule has 1 aromatic rings. The first-order chi connectivity index (χ1) is 9.20. The van der Waals surface area contributed by atoms with Crippen molar-refractivity contribution in [2.24, 2.45) is 10.9 Å². The molecule has 0 aliphatic carbocycles. The predicted molar refractivity (Wildman–Crippen MR) is 74.4 cm³/mol. The third-order valence-corrected chi connectivity index (χ3v) is 3.44. The molecule has 0 spiro atoms. The Morgan fingerprint density at radius 1 is 1.53 bits per heavy atom. The van der Waals surface area contributed by atoms with Gasteiger partial charge in [0.25, 0.3) is 0 Å². The van der Waals surface area contributed by atoms with Gasteiger partial charge in [0.2, 0.25) is 0 Å². The number of nitrogens with zero attached hydrogens (tertiary/aromatic N) is 2. The molecule has 0 aromatic heterocycles. The third kappa shape index (κ3) is 3.68. The first kappa shape index (κ1) is 13.8. The van der Waals surface area contributed by atoms with Gasteiger partial charge in [0.05, 0.1) is 18.6 Å². The minimum atomic E-state index is -0.0866. The molecule has 3 N–H and O–H groups in total. The largest absolute Gasteiger partial charge is 0.409 e. The van der Waals surface area contributed by atoms with Crippen LogP contribution in [0.25, 0.3) is 0 Å². The van der Waals surface area contributed by atoms with Gasteiger partial charge in [-0.3, -0.25) is 4.90 Å². The van der Waals surface area contributed by atoms with Crippen LogP contribution in [0.2, 0.25) is 0 Å². The SMILES string of the molecule is CC1CN(CC(C(N)=NO)c2ccccc2)CCO1. The lowest BCUT2D eigenvalue weighted by atomic mass is 9.97. The van der Waals surface area contributed by atoms with Crippen molar-refractivity contribution >= 4 is 5.84 Å². The van der Waals surface area contributed by atoms with Gasteiger partial charge in [-0.1, -0.05) is 35.5 Å². The summed E-state index contributed by atoms with van der Waals surface area (Å²) in [5.41, 5.74) is 6.91. The summed E-state index contributed by atoms with van der Waals surface area (Å²) in [5, 5.41) is 12.2. The fourth-order valence-corrected chi connectivity index (χ4v) is 2.44. The van der Waals surface area contributed by atoms with Crippen LogP contribution in [0, 0.1) is 0 Å². The van der Waals surface area contributed by atoms with E-state index in [4.69, 9.17) is 15.7 Å². The summed E-state index contributed by atoms with van der Waals surface area (Å²) < 4.78 is 5.53. The molecule has 5 heteroatoms. The molecule has 2 unspecified atom stereocenters. The highest BCUT2D eigenvalue weighted by Gasteiger charge is 2.23.